The minimum absolute atomic E-state index is 0.00720. The normalized spacial score (nSPS) is 17.7. The van der Waals surface area contributed by atoms with Crippen LogP contribution in [-0.4, -0.2) is 59.2 Å². The Labute approximate surface area is 172 Å². The minimum Gasteiger partial charge on any atom is -0.374 e. The average Bonchev–Trinajstić information content (AvgIpc) is 2.68. The van der Waals surface area contributed by atoms with Gasteiger partial charge in [0.25, 0.3) is 5.56 Å². The van der Waals surface area contributed by atoms with Gasteiger partial charge in [-0.05, 0) is 30.9 Å². The van der Waals surface area contributed by atoms with Crippen LogP contribution in [0.25, 0.3) is 10.9 Å². The van der Waals surface area contributed by atoms with Crippen LogP contribution in [0, 0.1) is 12.8 Å². The van der Waals surface area contributed by atoms with E-state index in [1.165, 1.54) is 0 Å². The molecule has 0 spiro atoms. The van der Waals surface area contributed by atoms with Gasteiger partial charge < -0.3 is 10.1 Å². The fourth-order valence-electron chi connectivity index (χ4n) is 3.81. The molecule has 7 heteroatoms. The van der Waals surface area contributed by atoms with Crippen molar-refractivity contribution in [3.8, 4) is 0 Å². The van der Waals surface area contributed by atoms with Crippen LogP contribution in [-0.2, 0) is 16.1 Å². The average molecular weight is 401 g/mol. The summed E-state index contributed by atoms with van der Waals surface area (Å²) in [5, 5.41) is 3.59. The molecule has 0 bridgehead atoms. The Hall–Kier alpha value is -2.25. The molecule has 1 aromatic heterocycles. The van der Waals surface area contributed by atoms with Crippen molar-refractivity contribution in [2.45, 2.75) is 46.3 Å². The summed E-state index contributed by atoms with van der Waals surface area (Å²) in [5.74, 6) is 0.618. The summed E-state index contributed by atoms with van der Waals surface area (Å²) in [6, 6.07) is 5.61. The van der Waals surface area contributed by atoms with Gasteiger partial charge in [0.15, 0.2) is 0 Å². The predicted molar refractivity (Wildman–Crippen MR) is 114 cm³/mol. The van der Waals surface area contributed by atoms with Gasteiger partial charge in [-0.3, -0.25) is 19.1 Å². The van der Waals surface area contributed by atoms with Crippen molar-refractivity contribution in [3.63, 3.8) is 0 Å². The number of rotatable bonds is 8. The molecular weight excluding hydrogens is 368 g/mol. The molecule has 0 aliphatic carbocycles. The number of aromatic nitrogens is 2. The minimum atomic E-state index is -0.0556. The molecule has 158 valence electrons. The molecule has 2 aromatic rings. The predicted octanol–water partition coefficient (Wildman–Crippen LogP) is 1.96. The zero-order chi connectivity index (χ0) is 20.8. The molecule has 1 atom stereocenters. The summed E-state index contributed by atoms with van der Waals surface area (Å²) in [7, 11) is 0. The van der Waals surface area contributed by atoms with Crippen molar-refractivity contribution in [3.05, 3.63) is 40.4 Å². The highest BCUT2D eigenvalue weighted by molar-refractivity contribution is 5.80. The third kappa shape index (κ3) is 5.87. The van der Waals surface area contributed by atoms with Crippen LogP contribution >= 0.6 is 0 Å². The molecule has 0 saturated carbocycles. The van der Waals surface area contributed by atoms with E-state index in [-0.39, 0.29) is 17.6 Å². The highest BCUT2D eigenvalue weighted by atomic mass is 16.5. The molecular formula is C22H32N4O3. The molecule has 1 aliphatic heterocycles. The third-order valence-electron chi connectivity index (χ3n) is 5.23. The number of carbonyl (C=O) groups excluding carboxylic acids is 1. The molecule has 7 nitrogen and oxygen atoms in total. The van der Waals surface area contributed by atoms with E-state index < -0.39 is 0 Å². The zero-order valence-corrected chi connectivity index (χ0v) is 17.7. The summed E-state index contributed by atoms with van der Waals surface area (Å²) in [6.07, 6.45) is 2.59. The number of fused-ring (bicyclic) bond motifs is 1. The number of benzene rings is 1. The smallest absolute Gasteiger partial charge is 0.261 e. The maximum absolute atomic E-state index is 12.6. The molecule has 0 radical (unpaired) electrons. The SMILES string of the molecule is Cc1cccc2c(=O)n(CCCC(=O)NCC3CN(CC(C)C)CCO3)cnc12. The first-order valence-corrected chi connectivity index (χ1v) is 10.5. The second kappa shape index (κ2) is 9.98. The van der Waals surface area contributed by atoms with E-state index in [0.717, 1.165) is 30.7 Å². The topological polar surface area (TPSA) is 76.5 Å². The summed E-state index contributed by atoms with van der Waals surface area (Å²) < 4.78 is 7.36. The fraction of sp³-hybridized carbons (Fsp3) is 0.591. The van der Waals surface area contributed by atoms with Crippen molar-refractivity contribution in [1.29, 1.82) is 0 Å². The molecule has 1 amide bonds. The van der Waals surface area contributed by atoms with Crippen molar-refractivity contribution < 1.29 is 9.53 Å². The van der Waals surface area contributed by atoms with Crippen molar-refractivity contribution in [1.82, 2.24) is 19.8 Å². The van der Waals surface area contributed by atoms with Crippen LogP contribution in [0.4, 0.5) is 0 Å². The monoisotopic (exact) mass is 400 g/mol. The van der Waals surface area contributed by atoms with E-state index in [4.69, 9.17) is 4.74 Å². The van der Waals surface area contributed by atoms with Crippen LogP contribution < -0.4 is 10.9 Å². The molecule has 1 fully saturated rings. The number of aryl methyl sites for hydroxylation is 2. The lowest BCUT2D eigenvalue weighted by molar-refractivity contribution is -0.122. The Bertz CT molecular complexity index is 893. The number of amides is 1. The van der Waals surface area contributed by atoms with E-state index in [2.05, 4.69) is 29.0 Å². The lowest BCUT2D eigenvalue weighted by Gasteiger charge is -2.33. The number of ether oxygens (including phenoxy) is 1. The third-order valence-corrected chi connectivity index (χ3v) is 5.23. The molecule has 1 aromatic carbocycles. The molecule has 2 heterocycles. The van der Waals surface area contributed by atoms with E-state index in [9.17, 15) is 9.59 Å². The Kier molecular flexibility index (Phi) is 7.39. The van der Waals surface area contributed by atoms with Crippen molar-refractivity contribution in [2.24, 2.45) is 5.92 Å². The molecule has 1 unspecified atom stereocenters. The number of hydrogen-bond acceptors (Lipinski definition) is 5. The number of para-hydroxylation sites is 1. The maximum atomic E-state index is 12.6. The van der Waals surface area contributed by atoms with Crippen LogP contribution in [0.3, 0.4) is 0 Å². The standard InChI is InChI=1S/C22H32N4O3/c1-16(2)13-25-10-11-29-18(14-25)12-23-20(27)8-5-9-26-15-24-21-17(3)6-4-7-19(21)22(26)28/h4,6-7,15-16,18H,5,8-14H2,1-3H3,(H,23,27). The molecule has 29 heavy (non-hydrogen) atoms. The summed E-state index contributed by atoms with van der Waals surface area (Å²) in [4.78, 5) is 31.6. The van der Waals surface area contributed by atoms with Gasteiger partial charge in [-0.1, -0.05) is 26.0 Å². The molecule has 1 N–H and O–H groups in total. The van der Waals surface area contributed by atoms with Crippen molar-refractivity contribution >= 4 is 16.8 Å². The lowest BCUT2D eigenvalue weighted by Crippen LogP contribution is -2.48. The van der Waals surface area contributed by atoms with Gasteiger partial charge in [-0.25, -0.2) is 4.98 Å². The Morgan fingerprint density at radius 3 is 3.00 bits per heavy atom. The van der Waals surface area contributed by atoms with Gasteiger partial charge in [0.05, 0.1) is 29.9 Å². The second-order valence-corrected chi connectivity index (χ2v) is 8.27. The quantitative estimate of drug-likeness (QED) is 0.733. The maximum Gasteiger partial charge on any atom is 0.261 e. The summed E-state index contributed by atoms with van der Waals surface area (Å²) in [5.41, 5.74) is 1.67. The van der Waals surface area contributed by atoms with Crippen LogP contribution in [0.1, 0.15) is 32.3 Å². The summed E-state index contributed by atoms with van der Waals surface area (Å²) >= 11 is 0. The summed E-state index contributed by atoms with van der Waals surface area (Å²) in [6.45, 7) is 11.0. The Morgan fingerprint density at radius 1 is 1.38 bits per heavy atom. The molecule has 1 aliphatic rings. The van der Waals surface area contributed by atoms with E-state index in [1.807, 2.05) is 19.1 Å². The Morgan fingerprint density at radius 2 is 2.21 bits per heavy atom. The van der Waals surface area contributed by atoms with Crippen LogP contribution in [0.15, 0.2) is 29.3 Å². The van der Waals surface area contributed by atoms with E-state index in [0.29, 0.717) is 43.8 Å². The number of morpholine rings is 1. The van der Waals surface area contributed by atoms with Gasteiger partial charge in [-0.15, -0.1) is 0 Å². The van der Waals surface area contributed by atoms with Crippen LogP contribution in [0.5, 0.6) is 0 Å². The molecule has 3 rings (SSSR count). The van der Waals surface area contributed by atoms with E-state index in [1.54, 1.807) is 17.0 Å². The van der Waals surface area contributed by atoms with E-state index >= 15 is 0 Å². The largest absolute Gasteiger partial charge is 0.374 e. The lowest BCUT2D eigenvalue weighted by atomic mass is 10.1. The first kappa shape index (κ1) is 21.5. The first-order valence-electron chi connectivity index (χ1n) is 10.5. The zero-order valence-electron chi connectivity index (χ0n) is 17.7. The van der Waals surface area contributed by atoms with Crippen LogP contribution in [0.2, 0.25) is 0 Å². The highest BCUT2D eigenvalue weighted by Gasteiger charge is 2.21. The number of nitrogens with one attached hydrogen (secondary N) is 1. The van der Waals surface area contributed by atoms with Gasteiger partial charge in [0.1, 0.15) is 0 Å². The van der Waals surface area contributed by atoms with Gasteiger partial charge in [0, 0.05) is 39.1 Å². The van der Waals surface area contributed by atoms with Gasteiger partial charge in [0.2, 0.25) is 5.91 Å². The highest BCUT2D eigenvalue weighted by Crippen LogP contribution is 2.11. The number of nitrogens with zero attached hydrogens (tertiary/aromatic N) is 3. The fourth-order valence-corrected chi connectivity index (χ4v) is 3.81. The Balaban J connectivity index is 1.44. The first-order chi connectivity index (χ1) is 13.9. The number of carbonyl (C=O) groups is 1. The van der Waals surface area contributed by atoms with Crippen molar-refractivity contribution in [2.75, 3.05) is 32.8 Å². The number of hydrogen-bond donors (Lipinski definition) is 1. The molecule has 1 saturated heterocycles. The van der Waals surface area contributed by atoms with Gasteiger partial charge >= 0.3 is 0 Å². The second-order valence-electron chi connectivity index (χ2n) is 8.27. The van der Waals surface area contributed by atoms with Gasteiger partial charge in [-0.2, -0.15) is 0 Å².